The van der Waals surface area contributed by atoms with Crippen LogP contribution in [0.3, 0.4) is 0 Å². The highest BCUT2D eigenvalue weighted by Crippen LogP contribution is 1.99. The second-order valence-electron chi connectivity index (χ2n) is 2.42. The van der Waals surface area contributed by atoms with Crippen molar-refractivity contribution in [3.8, 4) is 12.3 Å². The molecular formula is C9H15NO2S. The van der Waals surface area contributed by atoms with E-state index in [1.807, 2.05) is 0 Å². The first-order valence-electron chi connectivity index (χ1n) is 4.20. The Labute approximate surface area is 83.3 Å². The molecule has 1 amide bonds. The number of hydrogen-bond donors (Lipinski definition) is 2. The summed E-state index contributed by atoms with van der Waals surface area (Å²) in [5, 5.41) is 11.2. The fourth-order valence-corrected chi connectivity index (χ4v) is 1.47. The number of rotatable bonds is 7. The number of carbonyl (C=O) groups is 1. The van der Waals surface area contributed by atoms with E-state index in [9.17, 15) is 4.79 Å². The van der Waals surface area contributed by atoms with Crippen LogP contribution in [0.5, 0.6) is 0 Å². The number of amides is 1. The maximum atomic E-state index is 10.8. The Morgan fingerprint density at radius 1 is 1.54 bits per heavy atom. The lowest BCUT2D eigenvalue weighted by atomic mass is 10.4. The third-order valence-corrected chi connectivity index (χ3v) is 2.35. The summed E-state index contributed by atoms with van der Waals surface area (Å²) < 4.78 is 0. The second kappa shape index (κ2) is 9.43. The quantitative estimate of drug-likeness (QED) is 0.458. The van der Waals surface area contributed by atoms with Crippen LogP contribution in [0, 0.1) is 12.3 Å². The zero-order valence-corrected chi connectivity index (χ0v) is 8.40. The standard InChI is InChI=1S/C9H15NO2S/c1-2-4-9(12)10-5-8-13-7-3-6-11/h1,11H,3-8H2,(H,10,12). The number of nitrogens with one attached hydrogen (secondary N) is 1. The number of thioether (sulfide) groups is 1. The summed E-state index contributed by atoms with van der Waals surface area (Å²) in [4.78, 5) is 10.8. The van der Waals surface area contributed by atoms with E-state index in [1.54, 1.807) is 11.8 Å². The van der Waals surface area contributed by atoms with Gasteiger partial charge in [0.2, 0.25) is 5.91 Å². The van der Waals surface area contributed by atoms with Gasteiger partial charge in [-0.15, -0.1) is 6.42 Å². The normalized spacial score (nSPS) is 9.23. The van der Waals surface area contributed by atoms with Gasteiger partial charge in [-0.25, -0.2) is 0 Å². The molecule has 13 heavy (non-hydrogen) atoms. The summed E-state index contributed by atoms with van der Waals surface area (Å²) in [5.74, 6) is 3.99. The van der Waals surface area contributed by atoms with E-state index in [0.717, 1.165) is 17.9 Å². The predicted molar refractivity (Wildman–Crippen MR) is 55.5 cm³/mol. The Morgan fingerprint density at radius 2 is 2.31 bits per heavy atom. The summed E-state index contributed by atoms with van der Waals surface area (Å²) in [6.07, 6.45) is 5.92. The summed E-state index contributed by atoms with van der Waals surface area (Å²) >= 11 is 1.71. The Kier molecular flexibility index (Phi) is 8.95. The van der Waals surface area contributed by atoms with Crippen molar-refractivity contribution in [1.29, 1.82) is 0 Å². The largest absolute Gasteiger partial charge is 0.396 e. The van der Waals surface area contributed by atoms with Crippen LogP contribution in [0.2, 0.25) is 0 Å². The SMILES string of the molecule is C#CCC(=O)NCCSCCCO. The number of aliphatic hydroxyl groups excluding tert-OH is 1. The lowest BCUT2D eigenvalue weighted by Gasteiger charge is -2.02. The van der Waals surface area contributed by atoms with Gasteiger partial charge in [-0.2, -0.15) is 11.8 Å². The summed E-state index contributed by atoms with van der Waals surface area (Å²) in [7, 11) is 0. The molecule has 0 spiro atoms. The van der Waals surface area contributed by atoms with Crippen molar-refractivity contribution in [2.75, 3.05) is 24.7 Å². The van der Waals surface area contributed by atoms with E-state index in [0.29, 0.717) is 6.54 Å². The number of aliphatic hydroxyl groups is 1. The van der Waals surface area contributed by atoms with E-state index in [4.69, 9.17) is 11.5 Å². The smallest absolute Gasteiger partial charge is 0.232 e. The van der Waals surface area contributed by atoms with Crippen LogP contribution < -0.4 is 5.32 Å². The van der Waals surface area contributed by atoms with E-state index >= 15 is 0 Å². The molecule has 0 aromatic carbocycles. The molecule has 0 bridgehead atoms. The Hall–Kier alpha value is -0.660. The molecule has 0 aliphatic rings. The van der Waals surface area contributed by atoms with Gasteiger partial charge >= 0.3 is 0 Å². The molecule has 0 aliphatic carbocycles. The highest BCUT2D eigenvalue weighted by Gasteiger charge is 1.96. The molecule has 4 heteroatoms. The van der Waals surface area contributed by atoms with Crippen molar-refractivity contribution in [1.82, 2.24) is 5.32 Å². The first-order valence-corrected chi connectivity index (χ1v) is 5.35. The van der Waals surface area contributed by atoms with Crippen molar-refractivity contribution in [2.24, 2.45) is 0 Å². The van der Waals surface area contributed by atoms with Gasteiger partial charge in [0.1, 0.15) is 0 Å². The average molecular weight is 201 g/mol. The van der Waals surface area contributed by atoms with Crippen LogP contribution in [0.4, 0.5) is 0 Å². The third kappa shape index (κ3) is 9.25. The van der Waals surface area contributed by atoms with Gasteiger partial charge in [0.25, 0.3) is 0 Å². The molecule has 0 aromatic rings. The molecular weight excluding hydrogens is 186 g/mol. The molecule has 0 rings (SSSR count). The zero-order chi connectivity index (χ0) is 9.94. The van der Waals surface area contributed by atoms with Gasteiger partial charge in [-0.1, -0.05) is 5.92 Å². The van der Waals surface area contributed by atoms with E-state index in [-0.39, 0.29) is 18.9 Å². The second-order valence-corrected chi connectivity index (χ2v) is 3.65. The molecule has 2 N–H and O–H groups in total. The monoisotopic (exact) mass is 201 g/mol. The molecule has 0 heterocycles. The van der Waals surface area contributed by atoms with Crippen LogP contribution in [0.25, 0.3) is 0 Å². The van der Waals surface area contributed by atoms with Crippen molar-refractivity contribution in [2.45, 2.75) is 12.8 Å². The minimum absolute atomic E-state index is 0.0924. The van der Waals surface area contributed by atoms with Gasteiger partial charge in [0.15, 0.2) is 0 Å². The summed E-state index contributed by atoms with van der Waals surface area (Å²) in [6, 6.07) is 0. The van der Waals surface area contributed by atoms with Gasteiger partial charge in [-0.05, 0) is 12.2 Å². The molecule has 0 saturated carbocycles. The Bertz CT molecular complexity index is 177. The molecule has 0 fully saturated rings. The van der Waals surface area contributed by atoms with E-state index in [2.05, 4.69) is 11.2 Å². The maximum Gasteiger partial charge on any atom is 0.232 e. The average Bonchev–Trinajstić information content (AvgIpc) is 2.11. The number of carbonyl (C=O) groups excluding carboxylic acids is 1. The fraction of sp³-hybridized carbons (Fsp3) is 0.667. The van der Waals surface area contributed by atoms with E-state index in [1.165, 1.54) is 0 Å². The maximum absolute atomic E-state index is 10.8. The van der Waals surface area contributed by atoms with Crippen LogP contribution in [0.15, 0.2) is 0 Å². The van der Waals surface area contributed by atoms with Gasteiger partial charge in [0, 0.05) is 18.9 Å². The Balaban J connectivity index is 3.08. The fourth-order valence-electron chi connectivity index (χ4n) is 0.686. The topological polar surface area (TPSA) is 49.3 Å². The lowest BCUT2D eigenvalue weighted by molar-refractivity contribution is -0.119. The lowest BCUT2D eigenvalue weighted by Crippen LogP contribution is -2.24. The first kappa shape index (κ1) is 12.3. The van der Waals surface area contributed by atoms with Crippen LogP contribution >= 0.6 is 11.8 Å². The molecule has 74 valence electrons. The zero-order valence-electron chi connectivity index (χ0n) is 7.58. The Morgan fingerprint density at radius 3 is 2.92 bits per heavy atom. The molecule has 0 saturated heterocycles. The first-order chi connectivity index (χ1) is 6.31. The molecule has 0 atom stereocenters. The third-order valence-electron chi connectivity index (χ3n) is 1.28. The summed E-state index contributed by atoms with van der Waals surface area (Å²) in [5.41, 5.74) is 0. The number of hydrogen-bond acceptors (Lipinski definition) is 3. The van der Waals surface area contributed by atoms with Gasteiger partial charge in [0.05, 0.1) is 6.42 Å². The van der Waals surface area contributed by atoms with Crippen LogP contribution in [-0.2, 0) is 4.79 Å². The predicted octanol–water partition coefficient (Wildman–Crippen LogP) is 0.242. The van der Waals surface area contributed by atoms with Gasteiger partial charge < -0.3 is 10.4 Å². The minimum Gasteiger partial charge on any atom is -0.396 e. The van der Waals surface area contributed by atoms with Crippen molar-refractivity contribution in [3.05, 3.63) is 0 Å². The van der Waals surface area contributed by atoms with E-state index < -0.39 is 0 Å². The summed E-state index contributed by atoms with van der Waals surface area (Å²) in [6.45, 7) is 0.882. The molecule has 3 nitrogen and oxygen atoms in total. The van der Waals surface area contributed by atoms with Crippen LogP contribution in [-0.4, -0.2) is 35.7 Å². The van der Waals surface area contributed by atoms with Gasteiger partial charge in [-0.3, -0.25) is 4.79 Å². The number of terminal acetylenes is 1. The highest BCUT2D eigenvalue weighted by atomic mass is 32.2. The molecule has 0 radical (unpaired) electrons. The molecule has 0 unspecified atom stereocenters. The molecule has 0 aromatic heterocycles. The van der Waals surface area contributed by atoms with Crippen LogP contribution in [0.1, 0.15) is 12.8 Å². The molecule has 0 aliphatic heterocycles. The highest BCUT2D eigenvalue weighted by molar-refractivity contribution is 7.99. The van der Waals surface area contributed by atoms with Crippen molar-refractivity contribution < 1.29 is 9.90 Å². The van der Waals surface area contributed by atoms with Crippen molar-refractivity contribution >= 4 is 17.7 Å². The van der Waals surface area contributed by atoms with Crippen molar-refractivity contribution in [3.63, 3.8) is 0 Å². The minimum atomic E-state index is -0.0924.